The van der Waals surface area contributed by atoms with Crippen molar-refractivity contribution in [3.05, 3.63) is 46.8 Å². The van der Waals surface area contributed by atoms with Gasteiger partial charge in [0.15, 0.2) is 0 Å². The van der Waals surface area contributed by atoms with E-state index in [-0.39, 0.29) is 5.97 Å². The number of ether oxygens (including phenoxy) is 1. The zero-order valence-corrected chi connectivity index (χ0v) is 11.4. The molecule has 3 heteroatoms. The summed E-state index contributed by atoms with van der Waals surface area (Å²) in [4.78, 5) is 14.1. The zero-order valence-electron chi connectivity index (χ0n) is 10.6. The second-order valence-corrected chi connectivity index (χ2v) is 5.09. The molecule has 18 heavy (non-hydrogen) atoms. The minimum absolute atomic E-state index is 0.260. The van der Waals surface area contributed by atoms with Gasteiger partial charge in [-0.2, -0.15) is 0 Å². The van der Waals surface area contributed by atoms with Crippen molar-refractivity contribution in [3.8, 4) is 10.4 Å². The smallest absolute Gasteiger partial charge is 0.338 e. The number of rotatable bonds is 4. The quantitative estimate of drug-likeness (QED) is 0.772. The Balaban J connectivity index is 2.19. The molecule has 0 aliphatic heterocycles. The molecule has 0 unspecified atom stereocenters. The number of thiophene rings is 1. The van der Waals surface area contributed by atoms with Crippen LogP contribution in [0.3, 0.4) is 0 Å². The Labute approximate surface area is 111 Å². The Kier molecular flexibility index (Phi) is 4.15. The van der Waals surface area contributed by atoms with Gasteiger partial charge in [0.1, 0.15) is 0 Å². The molecule has 0 aliphatic carbocycles. The molecule has 2 nitrogen and oxygen atoms in total. The molecule has 0 radical (unpaired) electrons. The van der Waals surface area contributed by atoms with Gasteiger partial charge in [0.25, 0.3) is 0 Å². The van der Waals surface area contributed by atoms with Crippen molar-refractivity contribution in [2.24, 2.45) is 0 Å². The van der Waals surface area contributed by atoms with E-state index < -0.39 is 0 Å². The highest BCUT2D eigenvalue weighted by molar-refractivity contribution is 7.15. The molecular formula is C15H16O2S. The summed E-state index contributed by atoms with van der Waals surface area (Å²) >= 11 is 1.79. The number of hydrogen-bond acceptors (Lipinski definition) is 3. The SMILES string of the molecule is CCOC(=O)c1ccc(-c2ccc(CC)s2)cc1. The first-order chi connectivity index (χ1) is 8.74. The molecule has 94 valence electrons. The number of hydrogen-bond donors (Lipinski definition) is 0. The van der Waals surface area contributed by atoms with Crippen LogP contribution in [0.2, 0.25) is 0 Å². The minimum atomic E-state index is -0.260. The average molecular weight is 260 g/mol. The summed E-state index contributed by atoms with van der Waals surface area (Å²) in [5.41, 5.74) is 1.75. The highest BCUT2D eigenvalue weighted by Crippen LogP contribution is 2.28. The van der Waals surface area contributed by atoms with E-state index >= 15 is 0 Å². The van der Waals surface area contributed by atoms with Crippen LogP contribution in [0.5, 0.6) is 0 Å². The van der Waals surface area contributed by atoms with Crippen LogP contribution < -0.4 is 0 Å². The van der Waals surface area contributed by atoms with Crippen molar-refractivity contribution < 1.29 is 9.53 Å². The van der Waals surface area contributed by atoms with Crippen molar-refractivity contribution in [1.82, 2.24) is 0 Å². The molecule has 2 aromatic rings. The van der Waals surface area contributed by atoms with Crippen molar-refractivity contribution in [2.45, 2.75) is 20.3 Å². The summed E-state index contributed by atoms with van der Waals surface area (Å²) in [6.45, 7) is 4.37. The predicted octanol–water partition coefficient (Wildman–Crippen LogP) is 4.15. The Morgan fingerprint density at radius 1 is 1.11 bits per heavy atom. The third kappa shape index (κ3) is 2.79. The largest absolute Gasteiger partial charge is 0.462 e. The van der Waals surface area contributed by atoms with E-state index in [9.17, 15) is 4.79 Å². The predicted molar refractivity (Wildman–Crippen MR) is 75.1 cm³/mol. The molecule has 2 rings (SSSR count). The van der Waals surface area contributed by atoms with Gasteiger partial charge >= 0.3 is 5.97 Å². The number of esters is 1. The summed E-state index contributed by atoms with van der Waals surface area (Å²) in [6.07, 6.45) is 1.06. The van der Waals surface area contributed by atoms with Gasteiger partial charge < -0.3 is 4.74 Å². The van der Waals surface area contributed by atoms with Crippen LogP contribution in [0.25, 0.3) is 10.4 Å². The van der Waals surface area contributed by atoms with Gasteiger partial charge in [-0.05, 0) is 43.2 Å². The van der Waals surface area contributed by atoms with E-state index in [1.165, 1.54) is 9.75 Å². The molecule has 0 fully saturated rings. The third-order valence-electron chi connectivity index (χ3n) is 2.69. The molecule has 0 saturated heterocycles. The van der Waals surface area contributed by atoms with Crippen LogP contribution in [0.4, 0.5) is 0 Å². The van der Waals surface area contributed by atoms with Crippen LogP contribution in [-0.2, 0) is 11.2 Å². The summed E-state index contributed by atoms with van der Waals surface area (Å²) in [5, 5.41) is 0. The summed E-state index contributed by atoms with van der Waals surface area (Å²) in [6, 6.07) is 11.9. The standard InChI is InChI=1S/C15H16O2S/c1-3-13-9-10-14(18-13)11-5-7-12(8-6-11)15(16)17-4-2/h5-10H,3-4H2,1-2H3. The number of carbonyl (C=O) groups excluding carboxylic acids is 1. The van der Waals surface area contributed by atoms with Crippen molar-refractivity contribution >= 4 is 17.3 Å². The first-order valence-corrected chi connectivity index (χ1v) is 6.92. The Bertz CT molecular complexity index is 526. The fourth-order valence-electron chi connectivity index (χ4n) is 1.71. The lowest BCUT2D eigenvalue weighted by Gasteiger charge is -2.02. The normalized spacial score (nSPS) is 10.3. The van der Waals surface area contributed by atoms with Gasteiger partial charge in [-0.1, -0.05) is 19.1 Å². The number of carbonyl (C=O) groups is 1. The van der Waals surface area contributed by atoms with Gasteiger partial charge in [-0.3, -0.25) is 0 Å². The van der Waals surface area contributed by atoms with Crippen molar-refractivity contribution in [2.75, 3.05) is 6.61 Å². The highest BCUT2D eigenvalue weighted by atomic mass is 32.1. The van der Waals surface area contributed by atoms with Crippen LogP contribution in [0.1, 0.15) is 29.1 Å². The second kappa shape index (κ2) is 5.83. The van der Waals surface area contributed by atoms with Crippen molar-refractivity contribution in [3.63, 3.8) is 0 Å². The van der Waals surface area contributed by atoms with E-state index in [2.05, 4.69) is 19.1 Å². The van der Waals surface area contributed by atoms with Gasteiger partial charge in [-0.15, -0.1) is 11.3 Å². The maximum Gasteiger partial charge on any atom is 0.338 e. The molecule has 0 spiro atoms. The van der Waals surface area contributed by atoms with Crippen LogP contribution in [-0.4, -0.2) is 12.6 Å². The molecule has 0 atom stereocenters. The molecule has 0 saturated carbocycles. The first-order valence-electron chi connectivity index (χ1n) is 6.10. The number of aryl methyl sites for hydroxylation is 1. The fraction of sp³-hybridized carbons (Fsp3) is 0.267. The summed E-state index contributed by atoms with van der Waals surface area (Å²) in [7, 11) is 0. The average Bonchev–Trinajstić information content (AvgIpc) is 2.88. The zero-order chi connectivity index (χ0) is 13.0. The maximum atomic E-state index is 11.5. The van der Waals surface area contributed by atoms with Crippen LogP contribution in [0.15, 0.2) is 36.4 Å². The topological polar surface area (TPSA) is 26.3 Å². The molecule has 0 aliphatic rings. The molecule has 0 N–H and O–H groups in total. The molecule has 0 amide bonds. The third-order valence-corrected chi connectivity index (χ3v) is 3.97. The van der Waals surface area contributed by atoms with E-state index in [0.717, 1.165) is 12.0 Å². The first kappa shape index (κ1) is 12.8. The molecule has 1 aromatic carbocycles. The fourth-order valence-corrected chi connectivity index (χ4v) is 2.66. The molecule has 1 aromatic heterocycles. The lowest BCUT2D eigenvalue weighted by atomic mass is 10.1. The molecule has 1 heterocycles. The molecular weight excluding hydrogens is 244 g/mol. The Morgan fingerprint density at radius 2 is 1.83 bits per heavy atom. The second-order valence-electron chi connectivity index (χ2n) is 3.92. The Morgan fingerprint density at radius 3 is 2.39 bits per heavy atom. The lowest BCUT2D eigenvalue weighted by Crippen LogP contribution is -2.03. The van der Waals surface area contributed by atoms with Gasteiger partial charge in [0.2, 0.25) is 0 Å². The highest BCUT2D eigenvalue weighted by Gasteiger charge is 2.07. The van der Waals surface area contributed by atoms with Crippen LogP contribution in [0, 0.1) is 0 Å². The van der Waals surface area contributed by atoms with E-state index in [0.29, 0.717) is 12.2 Å². The summed E-state index contributed by atoms with van der Waals surface area (Å²) in [5.74, 6) is -0.260. The number of benzene rings is 1. The van der Waals surface area contributed by atoms with Gasteiger partial charge in [-0.25, -0.2) is 4.79 Å². The van der Waals surface area contributed by atoms with Gasteiger partial charge in [0.05, 0.1) is 12.2 Å². The maximum absolute atomic E-state index is 11.5. The van der Waals surface area contributed by atoms with Crippen LogP contribution >= 0.6 is 11.3 Å². The van der Waals surface area contributed by atoms with E-state index in [4.69, 9.17) is 4.74 Å². The Hall–Kier alpha value is -1.61. The minimum Gasteiger partial charge on any atom is -0.462 e. The van der Waals surface area contributed by atoms with E-state index in [1.54, 1.807) is 11.3 Å². The van der Waals surface area contributed by atoms with Gasteiger partial charge in [0, 0.05) is 9.75 Å². The monoisotopic (exact) mass is 260 g/mol. The lowest BCUT2D eigenvalue weighted by molar-refractivity contribution is 0.0526. The molecule has 0 bridgehead atoms. The van der Waals surface area contributed by atoms with E-state index in [1.807, 2.05) is 31.2 Å². The van der Waals surface area contributed by atoms with Crippen molar-refractivity contribution in [1.29, 1.82) is 0 Å². The summed E-state index contributed by atoms with van der Waals surface area (Å²) < 4.78 is 4.96.